The quantitative estimate of drug-likeness (QED) is 0.416. The van der Waals surface area contributed by atoms with E-state index in [0.717, 1.165) is 35.3 Å². The molecule has 1 amide bonds. The fourth-order valence-corrected chi connectivity index (χ4v) is 4.18. The monoisotopic (exact) mass is 436 g/mol. The minimum Gasteiger partial charge on any atom is -0.322 e. The van der Waals surface area contributed by atoms with Gasteiger partial charge in [0.2, 0.25) is 0 Å². The van der Waals surface area contributed by atoms with Gasteiger partial charge < -0.3 is 5.32 Å². The van der Waals surface area contributed by atoms with E-state index in [1.54, 1.807) is 18.2 Å². The molecule has 0 aliphatic heterocycles. The highest BCUT2D eigenvalue weighted by Gasteiger charge is 2.29. The number of fused-ring (bicyclic) bond motifs is 1. The van der Waals surface area contributed by atoms with E-state index < -0.39 is 0 Å². The summed E-state index contributed by atoms with van der Waals surface area (Å²) in [5, 5.41) is 9.28. The van der Waals surface area contributed by atoms with Crippen LogP contribution in [0.4, 0.5) is 5.69 Å². The molecule has 5 nitrogen and oxygen atoms in total. The average molecular weight is 437 g/mol. The minimum absolute atomic E-state index is 0.238. The van der Waals surface area contributed by atoms with Gasteiger partial charge in [0, 0.05) is 27.3 Å². The van der Waals surface area contributed by atoms with Gasteiger partial charge in [-0.1, -0.05) is 41.4 Å². The summed E-state index contributed by atoms with van der Waals surface area (Å²) >= 11 is 12.2. The summed E-state index contributed by atoms with van der Waals surface area (Å²) in [5.74, 6) is 0.152. The van der Waals surface area contributed by atoms with E-state index in [1.807, 2.05) is 48.0 Å². The number of aryl methyl sites for hydroxylation is 1. The Kier molecular flexibility index (Phi) is 4.72. The van der Waals surface area contributed by atoms with Gasteiger partial charge in [-0.15, -0.1) is 0 Å². The van der Waals surface area contributed by atoms with Gasteiger partial charge in [0.1, 0.15) is 0 Å². The summed E-state index contributed by atoms with van der Waals surface area (Å²) in [6, 6.07) is 16.7. The summed E-state index contributed by atoms with van der Waals surface area (Å²) in [7, 11) is 0. The number of para-hydroxylation sites is 1. The summed E-state index contributed by atoms with van der Waals surface area (Å²) in [6.07, 6.45) is 2.17. The topological polar surface area (TPSA) is 59.8 Å². The lowest BCUT2D eigenvalue weighted by Crippen LogP contribution is -2.14. The third-order valence-electron chi connectivity index (χ3n) is 5.19. The van der Waals surface area contributed by atoms with Gasteiger partial charge in [-0.3, -0.25) is 4.79 Å². The number of hydrogen-bond donors (Lipinski definition) is 1. The molecule has 2 aromatic carbocycles. The van der Waals surface area contributed by atoms with Crippen LogP contribution < -0.4 is 5.32 Å². The van der Waals surface area contributed by atoms with Gasteiger partial charge in [-0.25, -0.2) is 9.67 Å². The number of benzene rings is 2. The Balaban J connectivity index is 1.65. The van der Waals surface area contributed by atoms with Crippen LogP contribution in [0.5, 0.6) is 0 Å². The number of carbonyl (C=O) groups excluding carboxylic acids is 1. The molecule has 1 saturated carbocycles. The number of amides is 1. The molecule has 0 unspecified atom stereocenters. The molecule has 150 valence electrons. The van der Waals surface area contributed by atoms with Crippen molar-refractivity contribution in [3.05, 3.63) is 81.6 Å². The Bertz CT molecular complexity index is 1260. The molecule has 7 heteroatoms. The second-order valence-corrected chi connectivity index (χ2v) is 8.39. The highest BCUT2D eigenvalue weighted by molar-refractivity contribution is 6.35. The van der Waals surface area contributed by atoms with Crippen LogP contribution in [-0.2, 0) is 0 Å². The Labute approximate surface area is 183 Å². The molecule has 0 saturated heterocycles. The molecule has 2 aromatic heterocycles. The predicted octanol–water partition coefficient (Wildman–Crippen LogP) is 6.17. The molecule has 4 aromatic rings. The number of nitrogens with zero attached hydrogens (tertiary/aromatic N) is 3. The highest BCUT2D eigenvalue weighted by Crippen LogP contribution is 2.41. The molecule has 1 N–H and O–H groups in total. The summed E-state index contributed by atoms with van der Waals surface area (Å²) < 4.78 is 1.81. The number of hydrogen-bond acceptors (Lipinski definition) is 3. The van der Waals surface area contributed by atoms with Crippen LogP contribution >= 0.6 is 23.2 Å². The number of rotatable bonds is 4. The molecule has 0 atom stereocenters. The van der Waals surface area contributed by atoms with Crippen molar-refractivity contribution in [1.82, 2.24) is 14.8 Å². The first-order valence-electron chi connectivity index (χ1n) is 9.73. The van der Waals surface area contributed by atoms with Crippen molar-refractivity contribution in [1.29, 1.82) is 0 Å². The lowest BCUT2D eigenvalue weighted by atomic mass is 10.1. The molecular formula is C23H18Cl2N4O. The Hall–Kier alpha value is -2.89. The van der Waals surface area contributed by atoms with Gasteiger partial charge in [-0.2, -0.15) is 5.10 Å². The summed E-state index contributed by atoms with van der Waals surface area (Å²) in [4.78, 5) is 18.2. The lowest BCUT2D eigenvalue weighted by Gasteiger charge is -2.10. The largest absolute Gasteiger partial charge is 0.322 e. The van der Waals surface area contributed by atoms with Gasteiger partial charge in [0.15, 0.2) is 5.65 Å². The minimum atomic E-state index is -0.238. The van der Waals surface area contributed by atoms with Crippen molar-refractivity contribution in [3.63, 3.8) is 0 Å². The third-order valence-corrected chi connectivity index (χ3v) is 5.63. The molecule has 5 rings (SSSR count). The van der Waals surface area contributed by atoms with E-state index in [4.69, 9.17) is 33.3 Å². The maximum atomic E-state index is 13.3. The molecule has 2 heterocycles. The number of aromatic nitrogens is 3. The van der Waals surface area contributed by atoms with Crippen LogP contribution in [0.2, 0.25) is 10.0 Å². The van der Waals surface area contributed by atoms with Crippen molar-refractivity contribution in [2.75, 3.05) is 5.32 Å². The van der Waals surface area contributed by atoms with E-state index in [9.17, 15) is 4.79 Å². The van der Waals surface area contributed by atoms with Crippen molar-refractivity contribution >= 4 is 45.8 Å². The summed E-state index contributed by atoms with van der Waals surface area (Å²) in [6.45, 7) is 1.90. The number of carbonyl (C=O) groups is 1. The number of pyridine rings is 1. The molecule has 0 bridgehead atoms. The van der Waals surface area contributed by atoms with E-state index in [0.29, 0.717) is 32.9 Å². The van der Waals surface area contributed by atoms with Crippen LogP contribution in [0.3, 0.4) is 0 Å². The van der Waals surface area contributed by atoms with E-state index >= 15 is 0 Å². The molecule has 1 aliphatic rings. The fraction of sp³-hybridized carbons (Fsp3) is 0.174. The summed E-state index contributed by atoms with van der Waals surface area (Å²) in [5.41, 5.74) is 4.37. The first-order valence-corrected chi connectivity index (χ1v) is 10.5. The molecular weight excluding hydrogens is 419 g/mol. The molecule has 30 heavy (non-hydrogen) atoms. The van der Waals surface area contributed by atoms with Crippen LogP contribution in [0, 0.1) is 6.92 Å². The normalized spacial score (nSPS) is 13.6. The molecule has 1 fully saturated rings. The Morgan fingerprint density at radius 2 is 1.77 bits per heavy atom. The number of nitrogens with one attached hydrogen (secondary N) is 1. The fourth-order valence-electron chi connectivity index (χ4n) is 3.65. The van der Waals surface area contributed by atoms with E-state index in [2.05, 4.69) is 5.32 Å². The van der Waals surface area contributed by atoms with Gasteiger partial charge in [-0.05, 0) is 56.2 Å². The first kappa shape index (κ1) is 19.1. The lowest BCUT2D eigenvalue weighted by molar-refractivity contribution is 0.102. The van der Waals surface area contributed by atoms with Crippen molar-refractivity contribution in [2.24, 2.45) is 0 Å². The van der Waals surface area contributed by atoms with Crippen LogP contribution in [0.1, 0.15) is 40.5 Å². The van der Waals surface area contributed by atoms with Gasteiger partial charge in [0.05, 0.1) is 22.3 Å². The third kappa shape index (κ3) is 3.55. The average Bonchev–Trinajstić information content (AvgIpc) is 3.51. The maximum Gasteiger partial charge on any atom is 0.256 e. The Morgan fingerprint density at radius 3 is 2.43 bits per heavy atom. The van der Waals surface area contributed by atoms with E-state index in [1.165, 1.54) is 0 Å². The molecule has 0 radical (unpaired) electrons. The maximum absolute atomic E-state index is 13.3. The zero-order valence-corrected chi connectivity index (χ0v) is 17.7. The van der Waals surface area contributed by atoms with Crippen molar-refractivity contribution in [3.8, 4) is 5.69 Å². The molecule has 0 spiro atoms. The van der Waals surface area contributed by atoms with E-state index in [-0.39, 0.29) is 5.91 Å². The predicted molar refractivity (Wildman–Crippen MR) is 120 cm³/mol. The zero-order chi connectivity index (χ0) is 20.8. The Morgan fingerprint density at radius 1 is 1.07 bits per heavy atom. The number of halogens is 2. The second kappa shape index (κ2) is 7.42. The van der Waals surface area contributed by atoms with Crippen molar-refractivity contribution in [2.45, 2.75) is 25.7 Å². The second-order valence-electron chi connectivity index (χ2n) is 7.51. The van der Waals surface area contributed by atoms with Gasteiger partial charge in [0.25, 0.3) is 5.91 Å². The van der Waals surface area contributed by atoms with Crippen LogP contribution in [0.15, 0.2) is 54.6 Å². The first-order chi connectivity index (χ1) is 14.5. The van der Waals surface area contributed by atoms with Gasteiger partial charge >= 0.3 is 0 Å². The SMILES string of the molecule is Cc1nn(-c2ccccc2)c2nc(C3CC3)cc(C(=O)Nc3cc(Cl)cc(Cl)c3)c12. The van der Waals surface area contributed by atoms with Crippen molar-refractivity contribution < 1.29 is 4.79 Å². The molecule has 1 aliphatic carbocycles. The number of anilines is 1. The van der Waals surface area contributed by atoms with Crippen LogP contribution in [-0.4, -0.2) is 20.7 Å². The standard InChI is InChI=1S/C23H18Cl2N4O/c1-13-21-19(23(30)26-17-10-15(24)9-16(25)11-17)12-20(14-7-8-14)27-22(21)29(28-13)18-5-3-2-4-6-18/h2-6,9-12,14H,7-8H2,1H3,(H,26,30). The van der Waals surface area contributed by atoms with Crippen LogP contribution in [0.25, 0.3) is 16.7 Å². The highest BCUT2D eigenvalue weighted by atomic mass is 35.5. The zero-order valence-electron chi connectivity index (χ0n) is 16.2. The smallest absolute Gasteiger partial charge is 0.256 e.